The molecule has 74 valence electrons. The molecule has 2 rings (SSSR count). The van der Waals surface area contributed by atoms with E-state index >= 15 is 0 Å². The number of hydrazine groups is 1. The second kappa shape index (κ2) is 3.91. The maximum absolute atomic E-state index is 5.49. The van der Waals surface area contributed by atoms with Gasteiger partial charge in [-0.3, -0.25) is 5.84 Å². The van der Waals surface area contributed by atoms with E-state index in [1.807, 2.05) is 19.1 Å². The fraction of sp³-hybridized carbons (Fsp3) is 0.222. The van der Waals surface area contributed by atoms with E-state index in [4.69, 9.17) is 10.3 Å². The second-order valence-corrected chi connectivity index (χ2v) is 3.80. The Balaban J connectivity index is 2.36. The van der Waals surface area contributed by atoms with E-state index in [0.29, 0.717) is 0 Å². The van der Waals surface area contributed by atoms with E-state index in [-0.39, 0.29) is 6.04 Å². The average Bonchev–Trinajstić information content (AvgIpc) is 2.80. The zero-order valence-electron chi connectivity index (χ0n) is 7.73. The van der Waals surface area contributed by atoms with Gasteiger partial charge in [0.15, 0.2) is 0 Å². The van der Waals surface area contributed by atoms with Crippen molar-refractivity contribution in [3.05, 3.63) is 40.2 Å². The summed E-state index contributed by atoms with van der Waals surface area (Å²) in [6, 6.07) is 3.64. The van der Waals surface area contributed by atoms with Crippen LogP contribution in [0.25, 0.3) is 0 Å². The van der Waals surface area contributed by atoms with Gasteiger partial charge >= 0.3 is 0 Å². The topological polar surface area (TPSA) is 64.1 Å². The summed E-state index contributed by atoms with van der Waals surface area (Å²) in [5.41, 5.74) is 5.51. The molecular formula is C9H11N3OS. The number of hydrogen-bond acceptors (Lipinski definition) is 5. The first-order chi connectivity index (χ1) is 6.83. The van der Waals surface area contributed by atoms with Crippen LogP contribution in [0.4, 0.5) is 0 Å². The molecule has 2 heterocycles. The Labute approximate surface area is 85.7 Å². The van der Waals surface area contributed by atoms with Gasteiger partial charge < -0.3 is 4.42 Å². The van der Waals surface area contributed by atoms with Gasteiger partial charge in [-0.05, 0) is 19.1 Å². The van der Waals surface area contributed by atoms with Gasteiger partial charge in [-0.15, -0.1) is 11.3 Å². The van der Waals surface area contributed by atoms with Crippen LogP contribution in [0.1, 0.15) is 22.4 Å². The smallest absolute Gasteiger partial charge is 0.127 e. The zero-order chi connectivity index (χ0) is 9.97. The Bertz CT molecular complexity index is 396. The summed E-state index contributed by atoms with van der Waals surface area (Å²) in [6.45, 7) is 1.96. The fourth-order valence-corrected chi connectivity index (χ4v) is 2.20. The number of hydrogen-bond donors (Lipinski definition) is 2. The molecule has 0 fully saturated rings. The third-order valence-electron chi connectivity index (χ3n) is 2.04. The lowest BCUT2D eigenvalue weighted by molar-refractivity contribution is 0.454. The van der Waals surface area contributed by atoms with Gasteiger partial charge in [-0.1, -0.05) is 0 Å². The lowest BCUT2D eigenvalue weighted by Crippen LogP contribution is -2.28. The summed E-state index contributed by atoms with van der Waals surface area (Å²) in [4.78, 5) is 5.26. The summed E-state index contributed by atoms with van der Waals surface area (Å²) in [6.07, 6.45) is 1.63. The lowest BCUT2D eigenvalue weighted by atomic mass is 10.2. The van der Waals surface area contributed by atoms with Gasteiger partial charge in [-0.2, -0.15) is 0 Å². The molecule has 0 saturated carbocycles. The second-order valence-electron chi connectivity index (χ2n) is 2.92. The summed E-state index contributed by atoms with van der Waals surface area (Å²) < 4.78 is 5.30. The minimum absolute atomic E-state index is 0.0995. The van der Waals surface area contributed by atoms with Crippen LogP contribution in [0.3, 0.4) is 0 Å². The quantitative estimate of drug-likeness (QED) is 0.595. The summed E-state index contributed by atoms with van der Waals surface area (Å²) in [5, 5.41) is 0. The predicted molar refractivity (Wildman–Crippen MR) is 54.7 cm³/mol. The molecule has 0 aliphatic heterocycles. The number of furan rings is 1. The summed E-state index contributed by atoms with van der Waals surface area (Å²) in [7, 11) is 0. The zero-order valence-corrected chi connectivity index (χ0v) is 8.54. The Hall–Kier alpha value is -1.17. The first kappa shape index (κ1) is 9.39. The van der Waals surface area contributed by atoms with Crippen molar-refractivity contribution in [1.82, 2.24) is 10.4 Å². The summed E-state index contributed by atoms with van der Waals surface area (Å²) in [5.74, 6) is 6.30. The molecule has 5 heteroatoms. The lowest BCUT2D eigenvalue weighted by Gasteiger charge is -2.11. The highest BCUT2D eigenvalue weighted by Gasteiger charge is 2.18. The molecule has 1 unspecified atom stereocenters. The van der Waals surface area contributed by atoms with E-state index < -0.39 is 0 Å². The highest BCUT2D eigenvalue weighted by atomic mass is 32.1. The van der Waals surface area contributed by atoms with E-state index in [1.54, 1.807) is 23.1 Å². The summed E-state index contributed by atoms with van der Waals surface area (Å²) >= 11 is 1.57. The van der Waals surface area contributed by atoms with Crippen LogP contribution in [-0.2, 0) is 0 Å². The normalized spacial score (nSPS) is 13.0. The number of thiazole rings is 1. The standard InChI is InChI=1S/C9H11N3OS/c1-6-9(14-5-11-6)8(12-10)7-3-2-4-13-7/h2-5,8,12H,10H2,1H3. The maximum Gasteiger partial charge on any atom is 0.127 e. The number of nitrogens with two attached hydrogens (primary N) is 1. The molecule has 0 aromatic carbocycles. The van der Waals surface area contributed by atoms with Crippen molar-refractivity contribution < 1.29 is 4.42 Å². The SMILES string of the molecule is Cc1ncsc1C(NN)c1ccco1. The third kappa shape index (κ3) is 1.57. The molecule has 2 aromatic heterocycles. The van der Waals surface area contributed by atoms with Crippen molar-refractivity contribution in [2.24, 2.45) is 5.84 Å². The molecule has 0 spiro atoms. The van der Waals surface area contributed by atoms with Gasteiger partial charge in [0, 0.05) is 0 Å². The molecule has 2 aromatic rings. The third-order valence-corrected chi connectivity index (χ3v) is 3.04. The van der Waals surface area contributed by atoms with Crippen molar-refractivity contribution in [2.45, 2.75) is 13.0 Å². The van der Waals surface area contributed by atoms with Crippen LogP contribution in [0.15, 0.2) is 28.3 Å². The Morgan fingerprint density at radius 3 is 3.00 bits per heavy atom. The maximum atomic E-state index is 5.49. The molecule has 0 amide bonds. The average molecular weight is 209 g/mol. The molecular weight excluding hydrogens is 198 g/mol. The predicted octanol–water partition coefficient (Wildman–Crippen LogP) is 1.60. The molecule has 0 radical (unpaired) electrons. The van der Waals surface area contributed by atoms with E-state index in [2.05, 4.69) is 10.4 Å². The van der Waals surface area contributed by atoms with Gasteiger partial charge in [0.2, 0.25) is 0 Å². The van der Waals surface area contributed by atoms with Crippen molar-refractivity contribution in [3.8, 4) is 0 Å². The van der Waals surface area contributed by atoms with Gasteiger partial charge in [0.25, 0.3) is 0 Å². The number of aryl methyl sites for hydroxylation is 1. The van der Waals surface area contributed by atoms with Crippen molar-refractivity contribution >= 4 is 11.3 Å². The first-order valence-electron chi connectivity index (χ1n) is 4.22. The number of nitrogens with one attached hydrogen (secondary N) is 1. The van der Waals surface area contributed by atoms with Gasteiger partial charge in [-0.25, -0.2) is 10.4 Å². The van der Waals surface area contributed by atoms with Crippen LogP contribution < -0.4 is 11.3 Å². The van der Waals surface area contributed by atoms with Crippen molar-refractivity contribution in [2.75, 3.05) is 0 Å². The van der Waals surface area contributed by atoms with Crippen LogP contribution in [0, 0.1) is 6.92 Å². The van der Waals surface area contributed by atoms with Crippen LogP contribution in [-0.4, -0.2) is 4.98 Å². The number of rotatable bonds is 3. The molecule has 4 nitrogen and oxygen atoms in total. The minimum atomic E-state index is -0.0995. The van der Waals surface area contributed by atoms with Crippen LogP contribution in [0.2, 0.25) is 0 Å². The Kier molecular flexibility index (Phi) is 2.62. The Morgan fingerprint density at radius 1 is 1.64 bits per heavy atom. The Morgan fingerprint density at radius 2 is 2.50 bits per heavy atom. The van der Waals surface area contributed by atoms with E-state index in [0.717, 1.165) is 16.3 Å². The highest BCUT2D eigenvalue weighted by molar-refractivity contribution is 7.09. The first-order valence-corrected chi connectivity index (χ1v) is 5.10. The molecule has 1 atom stereocenters. The van der Waals surface area contributed by atoms with E-state index in [1.165, 1.54) is 0 Å². The molecule has 0 saturated heterocycles. The largest absolute Gasteiger partial charge is 0.467 e. The monoisotopic (exact) mass is 209 g/mol. The van der Waals surface area contributed by atoms with Crippen LogP contribution >= 0.6 is 11.3 Å². The molecule has 0 bridgehead atoms. The molecule has 0 aliphatic rings. The van der Waals surface area contributed by atoms with Crippen molar-refractivity contribution in [1.29, 1.82) is 0 Å². The van der Waals surface area contributed by atoms with Crippen LogP contribution in [0.5, 0.6) is 0 Å². The van der Waals surface area contributed by atoms with Gasteiger partial charge in [0.05, 0.1) is 22.3 Å². The van der Waals surface area contributed by atoms with E-state index in [9.17, 15) is 0 Å². The minimum Gasteiger partial charge on any atom is -0.467 e. The molecule has 14 heavy (non-hydrogen) atoms. The van der Waals surface area contributed by atoms with Crippen molar-refractivity contribution in [3.63, 3.8) is 0 Å². The molecule has 0 aliphatic carbocycles. The van der Waals surface area contributed by atoms with Gasteiger partial charge in [0.1, 0.15) is 11.8 Å². The molecule has 3 N–H and O–H groups in total. The highest BCUT2D eigenvalue weighted by Crippen LogP contribution is 2.27. The number of aromatic nitrogens is 1. The fourth-order valence-electron chi connectivity index (χ4n) is 1.33. The number of nitrogens with zero attached hydrogens (tertiary/aromatic N) is 1.